The summed E-state index contributed by atoms with van der Waals surface area (Å²) in [5, 5.41) is 2.69. The van der Waals surface area contributed by atoms with Gasteiger partial charge in [-0.2, -0.15) is 0 Å². The number of halogens is 1. The summed E-state index contributed by atoms with van der Waals surface area (Å²) < 4.78 is 37.5. The van der Waals surface area contributed by atoms with Gasteiger partial charge in [0.05, 0.1) is 29.2 Å². The van der Waals surface area contributed by atoms with Crippen LogP contribution in [0, 0.1) is 6.92 Å². The molecule has 0 heterocycles. The summed E-state index contributed by atoms with van der Waals surface area (Å²) in [6.45, 7) is 1.68. The number of methoxy groups -OCH3 is 2. The molecule has 0 saturated carbocycles. The Morgan fingerprint density at radius 2 is 1.81 bits per heavy atom. The van der Waals surface area contributed by atoms with E-state index in [0.717, 1.165) is 0 Å². The first-order chi connectivity index (χ1) is 12.2. The first kappa shape index (κ1) is 20.2. The van der Waals surface area contributed by atoms with Crippen molar-refractivity contribution in [2.45, 2.75) is 11.8 Å². The Balaban J connectivity index is 2.43. The van der Waals surface area contributed by atoms with Crippen molar-refractivity contribution in [3.8, 4) is 11.5 Å². The molecule has 2 aromatic rings. The number of rotatable bonds is 6. The first-order valence-corrected chi connectivity index (χ1v) is 9.78. The van der Waals surface area contributed by atoms with E-state index in [9.17, 15) is 13.2 Å². The number of carbonyl (C=O) groups is 1. The highest BCUT2D eigenvalue weighted by molar-refractivity contribution is 9.10. The zero-order valence-corrected chi connectivity index (χ0v) is 17.1. The summed E-state index contributed by atoms with van der Waals surface area (Å²) >= 11 is 3.34. The molecule has 0 spiro atoms. The van der Waals surface area contributed by atoms with Gasteiger partial charge in [0.1, 0.15) is 11.5 Å². The van der Waals surface area contributed by atoms with Crippen LogP contribution in [0.3, 0.4) is 0 Å². The normalized spacial score (nSPS) is 11.1. The average Bonchev–Trinajstić information content (AvgIpc) is 2.62. The molecule has 0 fully saturated rings. The van der Waals surface area contributed by atoms with E-state index < -0.39 is 15.9 Å². The van der Waals surface area contributed by atoms with Crippen LogP contribution in [0.5, 0.6) is 11.5 Å². The number of nitrogens with one attached hydrogen (secondary N) is 2. The number of hydrogen-bond acceptors (Lipinski definition) is 5. The van der Waals surface area contributed by atoms with Crippen LogP contribution in [0.25, 0.3) is 0 Å². The van der Waals surface area contributed by atoms with Gasteiger partial charge in [-0.25, -0.2) is 13.1 Å². The lowest BCUT2D eigenvalue weighted by atomic mass is 10.1. The minimum atomic E-state index is -3.64. The molecule has 0 aromatic heterocycles. The molecule has 26 heavy (non-hydrogen) atoms. The van der Waals surface area contributed by atoms with E-state index in [1.54, 1.807) is 31.2 Å². The number of aryl methyl sites for hydroxylation is 1. The van der Waals surface area contributed by atoms with Crippen molar-refractivity contribution in [3.63, 3.8) is 0 Å². The molecule has 0 bridgehead atoms. The molecule has 7 nitrogen and oxygen atoms in total. The summed E-state index contributed by atoms with van der Waals surface area (Å²) in [6, 6.07) is 7.88. The van der Waals surface area contributed by atoms with Gasteiger partial charge in [0.15, 0.2) is 0 Å². The molecule has 2 N–H and O–H groups in total. The zero-order chi connectivity index (χ0) is 19.5. The molecular formula is C17H19BrN2O5S. The summed E-state index contributed by atoms with van der Waals surface area (Å²) in [4.78, 5) is 12.8. The van der Waals surface area contributed by atoms with Crippen LogP contribution < -0.4 is 19.5 Å². The predicted octanol–water partition coefficient (Wildman–Crippen LogP) is 2.94. The van der Waals surface area contributed by atoms with E-state index in [4.69, 9.17) is 9.47 Å². The largest absolute Gasteiger partial charge is 0.497 e. The summed E-state index contributed by atoms with van der Waals surface area (Å²) in [5.41, 5.74) is 1.16. The molecule has 2 aromatic carbocycles. The van der Waals surface area contributed by atoms with Gasteiger partial charge in [0.25, 0.3) is 5.91 Å². The topological polar surface area (TPSA) is 93.7 Å². The molecule has 0 aliphatic carbocycles. The van der Waals surface area contributed by atoms with E-state index in [0.29, 0.717) is 27.2 Å². The van der Waals surface area contributed by atoms with Crippen LogP contribution in [0.4, 0.5) is 5.69 Å². The monoisotopic (exact) mass is 442 g/mol. The summed E-state index contributed by atoms with van der Waals surface area (Å²) in [6.07, 6.45) is 0. The van der Waals surface area contributed by atoms with E-state index in [1.165, 1.54) is 27.3 Å². The fraction of sp³-hybridized carbons (Fsp3) is 0.235. The fourth-order valence-corrected chi connectivity index (χ4v) is 3.93. The third kappa shape index (κ3) is 4.17. The summed E-state index contributed by atoms with van der Waals surface area (Å²) in [5.74, 6) is 0.363. The zero-order valence-electron chi connectivity index (χ0n) is 14.7. The van der Waals surface area contributed by atoms with Crippen molar-refractivity contribution in [3.05, 3.63) is 45.9 Å². The fourth-order valence-electron chi connectivity index (χ4n) is 2.34. The van der Waals surface area contributed by atoms with Gasteiger partial charge in [-0.05, 0) is 59.7 Å². The molecule has 9 heteroatoms. The highest BCUT2D eigenvalue weighted by atomic mass is 79.9. The van der Waals surface area contributed by atoms with Crippen LogP contribution in [0.2, 0.25) is 0 Å². The molecule has 0 radical (unpaired) electrons. The van der Waals surface area contributed by atoms with Crippen molar-refractivity contribution < 1.29 is 22.7 Å². The van der Waals surface area contributed by atoms with Crippen LogP contribution in [0.1, 0.15) is 15.9 Å². The Hall–Kier alpha value is -2.10. The highest BCUT2D eigenvalue weighted by Gasteiger charge is 2.19. The molecule has 0 saturated heterocycles. The van der Waals surface area contributed by atoms with Crippen molar-refractivity contribution in [1.29, 1.82) is 0 Å². The van der Waals surface area contributed by atoms with Crippen LogP contribution in [-0.2, 0) is 10.0 Å². The third-order valence-corrected chi connectivity index (χ3v) is 5.85. The molecule has 0 aliphatic rings. The van der Waals surface area contributed by atoms with Gasteiger partial charge in [-0.3, -0.25) is 4.79 Å². The Bertz CT molecular complexity index is 944. The maximum atomic E-state index is 12.7. The van der Waals surface area contributed by atoms with Crippen molar-refractivity contribution in [2.75, 3.05) is 26.6 Å². The Morgan fingerprint density at radius 1 is 1.12 bits per heavy atom. The molecular weight excluding hydrogens is 424 g/mol. The lowest BCUT2D eigenvalue weighted by Gasteiger charge is -2.14. The van der Waals surface area contributed by atoms with E-state index in [2.05, 4.69) is 26.0 Å². The molecule has 0 atom stereocenters. The number of anilines is 1. The van der Waals surface area contributed by atoms with Gasteiger partial charge >= 0.3 is 0 Å². The number of amides is 1. The van der Waals surface area contributed by atoms with Gasteiger partial charge < -0.3 is 14.8 Å². The number of ether oxygens (including phenoxy) is 2. The first-order valence-electron chi connectivity index (χ1n) is 7.50. The van der Waals surface area contributed by atoms with E-state index in [-0.39, 0.29) is 10.5 Å². The SMILES string of the molecule is CNS(=O)(=O)c1cc(NC(=O)c2cc(OC)cc(Br)c2OC)ccc1C. The molecule has 140 valence electrons. The molecule has 0 unspecified atom stereocenters. The third-order valence-electron chi connectivity index (χ3n) is 3.71. The second kappa shape index (κ2) is 8.07. The number of carbonyl (C=O) groups excluding carboxylic acids is 1. The average molecular weight is 443 g/mol. The van der Waals surface area contributed by atoms with Crippen LogP contribution in [0.15, 0.2) is 39.7 Å². The second-order valence-corrected chi connectivity index (χ2v) is 8.04. The quantitative estimate of drug-likeness (QED) is 0.716. The lowest BCUT2D eigenvalue weighted by Crippen LogP contribution is -2.20. The Morgan fingerprint density at radius 3 is 2.38 bits per heavy atom. The van der Waals surface area contributed by atoms with Gasteiger partial charge in [0.2, 0.25) is 10.0 Å². The van der Waals surface area contributed by atoms with Crippen molar-refractivity contribution in [2.24, 2.45) is 0 Å². The maximum absolute atomic E-state index is 12.7. The summed E-state index contributed by atoms with van der Waals surface area (Å²) in [7, 11) is 0.639. The highest BCUT2D eigenvalue weighted by Crippen LogP contribution is 2.34. The minimum absolute atomic E-state index is 0.0941. The van der Waals surface area contributed by atoms with Gasteiger partial charge in [-0.1, -0.05) is 6.07 Å². The number of benzene rings is 2. The Labute approximate surface area is 160 Å². The molecule has 1 amide bonds. The van der Waals surface area contributed by atoms with Crippen LogP contribution in [-0.4, -0.2) is 35.6 Å². The second-order valence-electron chi connectivity index (χ2n) is 5.33. The van der Waals surface area contributed by atoms with Crippen molar-refractivity contribution >= 4 is 37.5 Å². The maximum Gasteiger partial charge on any atom is 0.259 e. The van der Waals surface area contributed by atoms with E-state index >= 15 is 0 Å². The smallest absolute Gasteiger partial charge is 0.259 e. The minimum Gasteiger partial charge on any atom is -0.497 e. The van der Waals surface area contributed by atoms with Gasteiger partial charge in [-0.15, -0.1) is 0 Å². The van der Waals surface area contributed by atoms with Crippen LogP contribution >= 0.6 is 15.9 Å². The Kier molecular flexibility index (Phi) is 6.27. The van der Waals surface area contributed by atoms with Crippen molar-refractivity contribution in [1.82, 2.24) is 4.72 Å². The number of hydrogen-bond donors (Lipinski definition) is 2. The van der Waals surface area contributed by atoms with Gasteiger partial charge in [0, 0.05) is 5.69 Å². The lowest BCUT2D eigenvalue weighted by molar-refractivity contribution is 0.102. The predicted molar refractivity (Wildman–Crippen MR) is 103 cm³/mol. The molecule has 0 aliphatic heterocycles. The molecule has 2 rings (SSSR count). The van der Waals surface area contributed by atoms with E-state index in [1.807, 2.05) is 0 Å². The number of sulfonamides is 1. The standard InChI is InChI=1S/C17H19BrN2O5S/c1-10-5-6-11(7-15(10)26(22,23)19-2)20-17(21)13-8-12(24-3)9-14(18)16(13)25-4/h5-9,19H,1-4H3,(H,20,21).